The van der Waals surface area contributed by atoms with Crippen molar-refractivity contribution in [3.63, 3.8) is 0 Å². The Morgan fingerprint density at radius 1 is 1.11 bits per heavy atom. The van der Waals surface area contributed by atoms with Crippen LogP contribution >= 0.6 is 0 Å². The Morgan fingerprint density at radius 3 is 2.00 bits per heavy atom. The fraction of sp³-hybridized carbons (Fsp3) is 0.571. The Labute approximate surface area is 109 Å². The van der Waals surface area contributed by atoms with E-state index in [0.29, 0.717) is 13.2 Å². The maximum absolute atomic E-state index is 11.1. The average molecular weight is 254 g/mol. The van der Waals surface area contributed by atoms with Gasteiger partial charge in [-0.1, -0.05) is 38.2 Å². The molecule has 0 heterocycles. The largest absolute Gasteiger partial charge is 0.462 e. The van der Waals surface area contributed by atoms with Crippen molar-refractivity contribution < 1.29 is 19.1 Å². The van der Waals surface area contributed by atoms with E-state index < -0.39 is 0 Å². The molecule has 0 aromatic heterocycles. The van der Waals surface area contributed by atoms with E-state index in [9.17, 15) is 9.59 Å². The predicted octanol–water partition coefficient (Wildman–Crippen LogP) is 2.64. The van der Waals surface area contributed by atoms with Gasteiger partial charge in [0.05, 0.1) is 5.92 Å². The fourth-order valence-electron chi connectivity index (χ4n) is 1.60. The van der Waals surface area contributed by atoms with E-state index in [2.05, 4.69) is 17.9 Å². The van der Waals surface area contributed by atoms with Crippen molar-refractivity contribution in [1.82, 2.24) is 0 Å². The van der Waals surface area contributed by atoms with E-state index in [1.54, 1.807) is 6.08 Å². The summed E-state index contributed by atoms with van der Waals surface area (Å²) in [6, 6.07) is 0. The van der Waals surface area contributed by atoms with Gasteiger partial charge in [0.2, 0.25) is 0 Å². The van der Waals surface area contributed by atoms with Crippen LogP contribution in [0.3, 0.4) is 0 Å². The number of ether oxygens (including phenoxy) is 2. The van der Waals surface area contributed by atoms with E-state index in [1.807, 2.05) is 0 Å². The third kappa shape index (κ3) is 8.56. The second-order valence-corrected chi connectivity index (χ2v) is 3.99. The molecule has 1 fully saturated rings. The Hall–Kier alpha value is -1.58. The van der Waals surface area contributed by atoms with Gasteiger partial charge in [0.25, 0.3) is 0 Å². The van der Waals surface area contributed by atoms with E-state index in [-0.39, 0.29) is 17.9 Å². The molecule has 0 radical (unpaired) electrons. The Bertz CT molecular complexity index is 278. The van der Waals surface area contributed by atoms with E-state index in [4.69, 9.17) is 4.74 Å². The van der Waals surface area contributed by atoms with Gasteiger partial charge in [0.1, 0.15) is 13.2 Å². The predicted molar refractivity (Wildman–Crippen MR) is 69.9 cm³/mol. The summed E-state index contributed by atoms with van der Waals surface area (Å²) in [5.74, 6) is -0.128. The van der Waals surface area contributed by atoms with Gasteiger partial charge in [-0.3, -0.25) is 9.59 Å². The molecule has 4 heteroatoms. The van der Waals surface area contributed by atoms with Crippen LogP contribution in [-0.4, -0.2) is 25.2 Å². The van der Waals surface area contributed by atoms with E-state index >= 15 is 0 Å². The molecular weight excluding hydrogens is 232 g/mol. The number of carbonyl (C=O) groups is 2. The molecule has 0 aromatic carbocycles. The van der Waals surface area contributed by atoms with Crippen molar-refractivity contribution in [3.8, 4) is 0 Å². The highest BCUT2D eigenvalue weighted by molar-refractivity contribution is 5.72. The lowest BCUT2D eigenvalue weighted by molar-refractivity contribution is -0.147. The van der Waals surface area contributed by atoms with Crippen LogP contribution in [0.5, 0.6) is 0 Å². The molecule has 0 aromatic rings. The van der Waals surface area contributed by atoms with Crippen LogP contribution in [0.25, 0.3) is 0 Å². The highest BCUT2D eigenvalue weighted by Gasteiger charge is 2.23. The number of carbonyl (C=O) groups excluding carboxylic acids is 2. The number of rotatable bonds is 5. The van der Waals surface area contributed by atoms with Crippen LogP contribution in [0.1, 0.15) is 32.6 Å². The van der Waals surface area contributed by atoms with Gasteiger partial charge in [-0.2, -0.15) is 0 Å². The lowest BCUT2D eigenvalue weighted by Gasteiger charge is -2.06. The standard InChI is InChI=1S/C9H14O2.C5H8O2/c1-2-7-11-9(10)8-5-3-4-6-8;1-3-4-7-5(2)6/h2,8H,1,3-7H2;3H,1,4H2,2H3. The highest BCUT2D eigenvalue weighted by atomic mass is 16.5. The monoisotopic (exact) mass is 254 g/mol. The van der Waals surface area contributed by atoms with E-state index in [1.165, 1.54) is 25.8 Å². The molecular formula is C14H22O4. The van der Waals surface area contributed by atoms with Crippen molar-refractivity contribution in [2.75, 3.05) is 13.2 Å². The van der Waals surface area contributed by atoms with Gasteiger partial charge >= 0.3 is 11.9 Å². The first kappa shape index (κ1) is 16.4. The lowest BCUT2D eigenvalue weighted by Crippen LogP contribution is -2.14. The maximum atomic E-state index is 11.1. The van der Waals surface area contributed by atoms with Crippen molar-refractivity contribution in [2.45, 2.75) is 32.6 Å². The van der Waals surface area contributed by atoms with Crippen molar-refractivity contribution in [3.05, 3.63) is 25.3 Å². The minimum absolute atomic E-state index is 0.0394. The van der Waals surface area contributed by atoms with Gasteiger partial charge in [0.15, 0.2) is 0 Å². The van der Waals surface area contributed by atoms with Crippen LogP contribution < -0.4 is 0 Å². The van der Waals surface area contributed by atoms with Gasteiger partial charge in [-0.25, -0.2) is 0 Å². The second kappa shape index (κ2) is 10.6. The lowest BCUT2D eigenvalue weighted by atomic mass is 10.1. The molecule has 0 atom stereocenters. The molecule has 102 valence electrons. The SMILES string of the molecule is C=CCOC(=O)C1CCCC1.C=CCOC(C)=O. The first-order valence-corrected chi connectivity index (χ1v) is 6.13. The molecule has 4 nitrogen and oxygen atoms in total. The molecule has 18 heavy (non-hydrogen) atoms. The van der Waals surface area contributed by atoms with Crippen LogP contribution in [0, 0.1) is 5.92 Å². The Kier molecular flexibility index (Phi) is 9.64. The molecule has 0 bridgehead atoms. The quantitative estimate of drug-likeness (QED) is 0.559. The summed E-state index contributed by atoms with van der Waals surface area (Å²) in [6.07, 6.45) is 7.50. The van der Waals surface area contributed by atoms with Crippen LogP contribution in [0.15, 0.2) is 25.3 Å². The van der Waals surface area contributed by atoms with Gasteiger partial charge in [-0.05, 0) is 12.8 Å². The summed E-state index contributed by atoms with van der Waals surface area (Å²) in [5, 5.41) is 0. The smallest absolute Gasteiger partial charge is 0.309 e. The normalized spacial score (nSPS) is 14.1. The zero-order valence-corrected chi connectivity index (χ0v) is 11.0. The third-order valence-corrected chi connectivity index (χ3v) is 2.44. The molecule has 1 saturated carbocycles. The summed E-state index contributed by atoms with van der Waals surface area (Å²) in [4.78, 5) is 21.1. The molecule has 0 amide bonds. The summed E-state index contributed by atoms with van der Waals surface area (Å²) in [5.41, 5.74) is 0. The molecule has 1 aliphatic rings. The molecule has 0 saturated heterocycles. The molecule has 1 rings (SSSR count). The van der Waals surface area contributed by atoms with Gasteiger partial charge < -0.3 is 9.47 Å². The van der Waals surface area contributed by atoms with Crippen LogP contribution in [0.2, 0.25) is 0 Å². The zero-order valence-electron chi connectivity index (χ0n) is 11.0. The number of hydrogen-bond donors (Lipinski definition) is 0. The molecule has 0 aliphatic heterocycles. The summed E-state index contributed by atoms with van der Waals surface area (Å²) in [7, 11) is 0. The number of esters is 2. The van der Waals surface area contributed by atoms with Crippen LogP contribution in [0.4, 0.5) is 0 Å². The molecule has 1 aliphatic carbocycles. The minimum atomic E-state index is -0.264. The molecule has 0 unspecified atom stereocenters. The van der Waals surface area contributed by atoms with Crippen molar-refractivity contribution >= 4 is 11.9 Å². The topological polar surface area (TPSA) is 52.6 Å². The van der Waals surface area contributed by atoms with Crippen molar-refractivity contribution in [1.29, 1.82) is 0 Å². The summed E-state index contributed by atoms with van der Waals surface area (Å²) >= 11 is 0. The van der Waals surface area contributed by atoms with Gasteiger partial charge in [-0.15, -0.1) is 0 Å². The summed E-state index contributed by atoms with van der Waals surface area (Å²) in [6.45, 7) is 8.87. The first-order chi connectivity index (χ1) is 8.61. The Morgan fingerprint density at radius 2 is 1.61 bits per heavy atom. The molecule has 0 spiro atoms. The third-order valence-electron chi connectivity index (χ3n) is 2.44. The highest BCUT2D eigenvalue weighted by Crippen LogP contribution is 2.25. The number of hydrogen-bond acceptors (Lipinski definition) is 4. The van der Waals surface area contributed by atoms with Crippen LogP contribution in [-0.2, 0) is 19.1 Å². The average Bonchev–Trinajstić information content (AvgIpc) is 2.88. The second-order valence-electron chi connectivity index (χ2n) is 3.99. The van der Waals surface area contributed by atoms with Crippen molar-refractivity contribution in [2.24, 2.45) is 5.92 Å². The Balaban J connectivity index is 0.000000360. The first-order valence-electron chi connectivity index (χ1n) is 6.13. The summed E-state index contributed by atoms with van der Waals surface area (Å²) < 4.78 is 9.35. The minimum Gasteiger partial charge on any atom is -0.462 e. The molecule has 0 N–H and O–H groups in total. The zero-order chi connectivity index (χ0) is 13.8. The fourth-order valence-corrected chi connectivity index (χ4v) is 1.60. The maximum Gasteiger partial charge on any atom is 0.309 e. The van der Waals surface area contributed by atoms with Gasteiger partial charge in [0, 0.05) is 6.92 Å². The van der Waals surface area contributed by atoms with E-state index in [0.717, 1.165) is 12.8 Å².